The highest BCUT2D eigenvalue weighted by Crippen LogP contribution is 2.24. The van der Waals surface area contributed by atoms with E-state index in [1.807, 2.05) is 38.1 Å². The number of aliphatic hydroxyl groups is 1. The van der Waals surface area contributed by atoms with Gasteiger partial charge >= 0.3 is 0 Å². The van der Waals surface area contributed by atoms with E-state index in [4.69, 9.17) is 4.74 Å². The number of β-amino-alcohol motifs (C(OH)–C–C–N with tert-alkyl or cyclic N) is 1. The highest BCUT2D eigenvalue weighted by molar-refractivity contribution is 14.0. The third-order valence-electron chi connectivity index (χ3n) is 3.46. The molecule has 1 aliphatic rings. The molecule has 23 heavy (non-hydrogen) atoms. The number of halogens is 2. The van der Waals surface area contributed by atoms with E-state index in [-0.39, 0.29) is 36.2 Å². The molecule has 7 heteroatoms. The molecule has 0 aromatic heterocycles. The Kier molecular flexibility index (Phi) is 9.23. The van der Waals surface area contributed by atoms with Gasteiger partial charge in [-0.3, -0.25) is 0 Å². The second-order valence-corrected chi connectivity index (χ2v) is 6.30. The number of hydrogen-bond acceptors (Lipinski definition) is 3. The quantitative estimate of drug-likeness (QED) is 0.373. The Hall–Kier alpha value is -0.540. The smallest absolute Gasteiger partial charge is 0.194 e. The van der Waals surface area contributed by atoms with E-state index in [0.717, 1.165) is 35.7 Å². The zero-order valence-corrected chi connectivity index (χ0v) is 17.5. The number of para-hydroxylation sites is 1. The lowest BCUT2D eigenvalue weighted by molar-refractivity contribution is 0.187. The van der Waals surface area contributed by atoms with Crippen molar-refractivity contribution in [1.29, 1.82) is 0 Å². The van der Waals surface area contributed by atoms with Crippen LogP contribution in [0.15, 0.2) is 33.7 Å². The Bertz CT molecular complexity index is 516. The number of benzene rings is 1. The summed E-state index contributed by atoms with van der Waals surface area (Å²) in [7, 11) is 0. The van der Waals surface area contributed by atoms with Crippen molar-refractivity contribution in [1.82, 2.24) is 10.2 Å². The van der Waals surface area contributed by atoms with Crippen LogP contribution in [0.3, 0.4) is 0 Å². The third-order valence-corrected chi connectivity index (χ3v) is 4.12. The predicted molar refractivity (Wildman–Crippen MR) is 108 cm³/mol. The first kappa shape index (κ1) is 20.5. The van der Waals surface area contributed by atoms with Crippen molar-refractivity contribution in [2.45, 2.75) is 32.5 Å². The van der Waals surface area contributed by atoms with Crippen LogP contribution in [0, 0.1) is 0 Å². The Morgan fingerprint density at radius 2 is 2.26 bits per heavy atom. The summed E-state index contributed by atoms with van der Waals surface area (Å²) in [6.07, 6.45) is 0.519. The molecule has 1 fully saturated rings. The molecule has 1 aliphatic heterocycles. The largest absolute Gasteiger partial charge is 0.488 e. The van der Waals surface area contributed by atoms with Crippen molar-refractivity contribution in [3.05, 3.63) is 28.7 Å². The Labute approximate surface area is 163 Å². The van der Waals surface area contributed by atoms with E-state index < -0.39 is 0 Å². The minimum atomic E-state index is -0.252. The van der Waals surface area contributed by atoms with Crippen molar-refractivity contribution in [3.8, 4) is 5.75 Å². The maximum atomic E-state index is 9.67. The summed E-state index contributed by atoms with van der Waals surface area (Å²) >= 11 is 3.48. The van der Waals surface area contributed by atoms with Gasteiger partial charge in [-0.05, 0) is 48.3 Å². The second kappa shape index (κ2) is 10.4. The highest BCUT2D eigenvalue weighted by atomic mass is 127. The van der Waals surface area contributed by atoms with Crippen LogP contribution < -0.4 is 10.1 Å². The maximum Gasteiger partial charge on any atom is 0.194 e. The molecule has 1 saturated heterocycles. The predicted octanol–water partition coefficient (Wildman–Crippen LogP) is 2.87. The molecule has 0 aliphatic carbocycles. The van der Waals surface area contributed by atoms with Crippen LogP contribution in [-0.4, -0.2) is 54.4 Å². The van der Waals surface area contributed by atoms with Gasteiger partial charge in [0.15, 0.2) is 5.96 Å². The van der Waals surface area contributed by atoms with Crippen molar-refractivity contribution in [2.75, 3.05) is 26.2 Å². The standard InChI is InChI=1S/C16H24BrN3O2.HI/c1-3-18-16(20-9-8-13(21)11-20)19-10-12(2)22-15-7-5-4-6-14(15)17;/h4-7,12-13,21H,3,8-11H2,1-2H3,(H,18,19);1H/t12?,13-;/m1./s1. The summed E-state index contributed by atoms with van der Waals surface area (Å²) in [5.41, 5.74) is 0. The first-order valence-electron chi connectivity index (χ1n) is 7.72. The normalized spacial score (nSPS) is 19.2. The molecule has 5 nitrogen and oxygen atoms in total. The molecule has 2 atom stereocenters. The fourth-order valence-corrected chi connectivity index (χ4v) is 2.75. The first-order chi connectivity index (χ1) is 10.6. The van der Waals surface area contributed by atoms with Gasteiger partial charge in [-0.25, -0.2) is 4.99 Å². The zero-order valence-electron chi connectivity index (χ0n) is 13.5. The molecule has 0 bridgehead atoms. The van der Waals surface area contributed by atoms with Crippen molar-refractivity contribution < 1.29 is 9.84 Å². The number of nitrogens with one attached hydrogen (secondary N) is 1. The summed E-state index contributed by atoms with van der Waals surface area (Å²) in [5.74, 6) is 1.67. The molecular weight excluding hydrogens is 473 g/mol. The summed E-state index contributed by atoms with van der Waals surface area (Å²) < 4.78 is 6.85. The van der Waals surface area contributed by atoms with Gasteiger partial charge < -0.3 is 20.1 Å². The first-order valence-corrected chi connectivity index (χ1v) is 8.52. The van der Waals surface area contributed by atoms with Crippen LogP contribution in [0.2, 0.25) is 0 Å². The monoisotopic (exact) mass is 497 g/mol. The second-order valence-electron chi connectivity index (χ2n) is 5.44. The number of ether oxygens (including phenoxy) is 1. The topological polar surface area (TPSA) is 57.1 Å². The minimum absolute atomic E-state index is 0. The summed E-state index contributed by atoms with van der Waals surface area (Å²) in [5, 5.41) is 12.9. The minimum Gasteiger partial charge on any atom is -0.488 e. The van der Waals surface area contributed by atoms with Gasteiger partial charge in [0.25, 0.3) is 0 Å². The van der Waals surface area contributed by atoms with Crippen LogP contribution in [0.1, 0.15) is 20.3 Å². The Morgan fingerprint density at radius 3 is 2.87 bits per heavy atom. The van der Waals surface area contributed by atoms with Gasteiger partial charge in [0.2, 0.25) is 0 Å². The number of likely N-dealkylation sites (tertiary alicyclic amines) is 1. The highest BCUT2D eigenvalue weighted by Gasteiger charge is 2.22. The van der Waals surface area contributed by atoms with Crippen LogP contribution >= 0.6 is 39.9 Å². The number of hydrogen-bond donors (Lipinski definition) is 2. The van der Waals surface area contributed by atoms with Crippen LogP contribution in [-0.2, 0) is 0 Å². The summed E-state index contributed by atoms with van der Waals surface area (Å²) in [4.78, 5) is 6.73. The van der Waals surface area contributed by atoms with Crippen molar-refractivity contribution >= 4 is 45.9 Å². The number of aliphatic hydroxyl groups excluding tert-OH is 1. The molecule has 0 radical (unpaired) electrons. The molecule has 0 spiro atoms. The van der Waals surface area contributed by atoms with Gasteiger partial charge in [-0.15, -0.1) is 24.0 Å². The average Bonchev–Trinajstić information content (AvgIpc) is 2.92. The van der Waals surface area contributed by atoms with E-state index in [1.165, 1.54) is 0 Å². The SMILES string of the molecule is CCNC(=NCC(C)Oc1ccccc1Br)N1CC[C@@H](O)C1.I. The Balaban J connectivity index is 0.00000264. The molecular formula is C16H25BrIN3O2. The van der Waals surface area contributed by atoms with E-state index in [9.17, 15) is 5.11 Å². The van der Waals surface area contributed by atoms with E-state index >= 15 is 0 Å². The fraction of sp³-hybridized carbons (Fsp3) is 0.562. The van der Waals surface area contributed by atoms with Crippen LogP contribution in [0.25, 0.3) is 0 Å². The van der Waals surface area contributed by atoms with E-state index in [1.54, 1.807) is 0 Å². The average molecular weight is 498 g/mol. The third kappa shape index (κ3) is 6.46. The Morgan fingerprint density at radius 1 is 1.52 bits per heavy atom. The molecule has 1 heterocycles. The van der Waals surface area contributed by atoms with Gasteiger partial charge in [0.1, 0.15) is 11.9 Å². The molecule has 1 aromatic rings. The summed E-state index contributed by atoms with van der Waals surface area (Å²) in [6, 6.07) is 7.81. The molecule has 1 aromatic carbocycles. The lowest BCUT2D eigenvalue weighted by atomic mass is 10.3. The van der Waals surface area contributed by atoms with E-state index in [0.29, 0.717) is 13.1 Å². The van der Waals surface area contributed by atoms with Crippen molar-refractivity contribution in [2.24, 2.45) is 4.99 Å². The van der Waals surface area contributed by atoms with E-state index in [2.05, 4.69) is 31.1 Å². The molecule has 2 N–H and O–H groups in total. The lowest BCUT2D eigenvalue weighted by Crippen LogP contribution is -2.41. The van der Waals surface area contributed by atoms with Gasteiger partial charge in [-0.1, -0.05) is 12.1 Å². The number of aliphatic imine (C=N–C) groups is 1. The molecule has 2 rings (SSSR count). The van der Waals surface area contributed by atoms with Gasteiger partial charge in [0, 0.05) is 19.6 Å². The maximum absolute atomic E-state index is 9.67. The summed E-state index contributed by atoms with van der Waals surface area (Å²) in [6.45, 7) is 6.91. The van der Waals surface area contributed by atoms with Crippen molar-refractivity contribution in [3.63, 3.8) is 0 Å². The van der Waals surface area contributed by atoms with Crippen LogP contribution in [0.4, 0.5) is 0 Å². The van der Waals surface area contributed by atoms with Gasteiger partial charge in [-0.2, -0.15) is 0 Å². The number of guanidine groups is 1. The molecule has 0 saturated carbocycles. The number of nitrogens with zero attached hydrogens (tertiary/aromatic N) is 2. The van der Waals surface area contributed by atoms with Crippen LogP contribution in [0.5, 0.6) is 5.75 Å². The molecule has 130 valence electrons. The lowest BCUT2D eigenvalue weighted by Gasteiger charge is -2.22. The number of rotatable bonds is 5. The molecule has 1 unspecified atom stereocenters. The molecule has 0 amide bonds. The fourth-order valence-electron chi connectivity index (χ4n) is 2.37. The zero-order chi connectivity index (χ0) is 15.9. The van der Waals surface area contributed by atoms with Gasteiger partial charge in [0.05, 0.1) is 17.1 Å².